The van der Waals surface area contributed by atoms with Crippen LogP contribution >= 0.6 is 0 Å². The van der Waals surface area contributed by atoms with E-state index in [4.69, 9.17) is 0 Å². The molecule has 0 unspecified atom stereocenters. The van der Waals surface area contributed by atoms with Crippen LogP contribution in [0.3, 0.4) is 0 Å². The van der Waals surface area contributed by atoms with Gasteiger partial charge in [0, 0.05) is 13.6 Å². The third-order valence-corrected chi connectivity index (χ3v) is 1.07. The summed E-state index contributed by atoms with van der Waals surface area (Å²) >= 11 is 0. The number of carbonyl (C=O) groups excluding carboxylic acids is 1. The van der Waals surface area contributed by atoms with Crippen LogP contribution in [0, 0.1) is 0 Å². The Kier molecular flexibility index (Phi) is 3.76. The van der Waals surface area contributed by atoms with Crippen LogP contribution in [0.1, 0.15) is 13.3 Å². The fourth-order valence-corrected chi connectivity index (χ4v) is 0.420. The Morgan fingerprint density at radius 3 is 2.67 bits per heavy atom. The Labute approximate surface area is 56.2 Å². The first-order valence-corrected chi connectivity index (χ1v) is 2.96. The highest BCUT2D eigenvalue weighted by Crippen LogP contribution is 1.94. The first-order valence-electron chi connectivity index (χ1n) is 2.96. The highest BCUT2D eigenvalue weighted by molar-refractivity contribution is 5.46. The molecule has 0 rings (SSSR count). The van der Waals surface area contributed by atoms with Gasteiger partial charge in [0.05, 0.1) is 0 Å². The van der Waals surface area contributed by atoms with Crippen LogP contribution in [-0.2, 0) is 4.79 Å². The van der Waals surface area contributed by atoms with Gasteiger partial charge in [0.1, 0.15) is 0 Å². The van der Waals surface area contributed by atoms with Crippen LogP contribution in [-0.4, -0.2) is 24.9 Å². The van der Waals surface area contributed by atoms with Crippen molar-refractivity contribution in [3.8, 4) is 0 Å². The van der Waals surface area contributed by atoms with Gasteiger partial charge in [0.15, 0.2) is 0 Å². The maximum atomic E-state index is 10.0. The Balaban J connectivity index is 3.26. The summed E-state index contributed by atoms with van der Waals surface area (Å²) in [5, 5.41) is 0. The summed E-state index contributed by atoms with van der Waals surface area (Å²) in [5.74, 6) is 0. The lowest BCUT2D eigenvalue weighted by Gasteiger charge is -2.08. The van der Waals surface area contributed by atoms with Gasteiger partial charge in [-0.3, -0.25) is 4.79 Å². The summed E-state index contributed by atoms with van der Waals surface area (Å²) < 4.78 is 0. The predicted octanol–water partition coefficient (Wildman–Crippen LogP) is 1.04. The summed E-state index contributed by atoms with van der Waals surface area (Å²) in [7, 11) is 1.76. The molecule has 1 amide bonds. The molecular formula is C7H13NO. The topological polar surface area (TPSA) is 20.3 Å². The molecule has 0 N–H and O–H groups in total. The second-order valence-electron chi connectivity index (χ2n) is 2.29. The number of amides is 1. The van der Waals surface area contributed by atoms with E-state index in [-0.39, 0.29) is 0 Å². The van der Waals surface area contributed by atoms with Gasteiger partial charge in [-0.25, -0.2) is 0 Å². The van der Waals surface area contributed by atoms with Gasteiger partial charge >= 0.3 is 0 Å². The van der Waals surface area contributed by atoms with E-state index in [1.165, 1.54) is 0 Å². The maximum absolute atomic E-state index is 10.0. The Morgan fingerprint density at radius 2 is 2.33 bits per heavy atom. The van der Waals surface area contributed by atoms with E-state index >= 15 is 0 Å². The van der Waals surface area contributed by atoms with E-state index < -0.39 is 0 Å². The van der Waals surface area contributed by atoms with Crippen molar-refractivity contribution in [1.29, 1.82) is 0 Å². The molecular weight excluding hydrogens is 114 g/mol. The van der Waals surface area contributed by atoms with Crippen LogP contribution in [0.5, 0.6) is 0 Å². The molecule has 0 bridgehead atoms. The first-order chi connectivity index (χ1) is 4.16. The molecule has 9 heavy (non-hydrogen) atoms. The van der Waals surface area contributed by atoms with E-state index in [1.54, 1.807) is 11.9 Å². The number of carbonyl (C=O) groups is 1. The lowest BCUT2D eigenvalue weighted by molar-refractivity contribution is -0.116. The van der Waals surface area contributed by atoms with Crippen molar-refractivity contribution < 1.29 is 4.79 Å². The molecule has 0 heterocycles. The first kappa shape index (κ1) is 8.21. The van der Waals surface area contributed by atoms with E-state index in [9.17, 15) is 4.79 Å². The van der Waals surface area contributed by atoms with E-state index in [1.807, 2.05) is 6.92 Å². The largest absolute Gasteiger partial charge is 0.348 e. The number of hydrogen-bond acceptors (Lipinski definition) is 1. The van der Waals surface area contributed by atoms with E-state index in [0.717, 1.165) is 24.9 Å². The summed E-state index contributed by atoms with van der Waals surface area (Å²) in [4.78, 5) is 11.6. The summed E-state index contributed by atoms with van der Waals surface area (Å²) in [6.07, 6.45) is 1.72. The molecule has 0 atom stereocenters. The molecule has 2 nitrogen and oxygen atoms in total. The highest BCUT2D eigenvalue weighted by Gasteiger charge is 1.91. The van der Waals surface area contributed by atoms with Gasteiger partial charge in [0.2, 0.25) is 6.41 Å². The van der Waals surface area contributed by atoms with Crippen LogP contribution in [0.25, 0.3) is 0 Å². The number of rotatable bonds is 4. The zero-order valence-corrected chi connectivity index (χ0v) is 6.05. The van der Waals surface area contributed by atoms with Gasteiger partial charge in [-0.15, -0.1) is 6.58 Å². The van der Waals surface area contributed by atoms with Crippen molar-refractivity contribution in [2.45, 2.75) is 13.3 Å². The van der Waals surface area contributed by atoms with Crippen molar-refractivity contribution in [3.05, 3.63) is 12.2 Å². The zero-order valence-electron chi connectivity index (χ0n) is 6.05. The number of nitrogens with zero attached hydrogens (tertiary/aromatic N) is 1. The molecule has 0 spiro atoms. The molecule has 0 aliphatic carbocycles. The second-order valence-corrected chi connectivity index (χ2v) is 2.29. The molecule has 0 aliphatic heterocycles. The lowest BCUT2D eigenvalue weighted by Crippen LogP contribution is -2.16. The van der Waals surface area contributed by atoms with Crippen molar-refractivity contribution in [3.63, 3.8) is 0 Å². The molecule has 0 saturated heterocycles. The minimum atomic E-state index is 0.777. The van der Waals surface area contributed by atoms with Gasteiger partial charge in [-0.1, -0.05) is 5.57 Å². The number of hydrogen-bond donors (Lipinski definition) is 0. The fourth-order valence-electron chi connectivity index (χ4n) is 0.420. The van der Waals surface area contributed by atoms with Crippen LogP contribution in [0.4, 0.5) is 0 Å². The SMILES string of the molecule is C=C(C)CCN(C)C=O. The van der Waals surface area contributed by atoms with Crippen LogP contribution in [0.15, 0.2) is 12.2 Å². The van der Waals surface area contributed by atoms with E-state index in [2.05, 4.69) is 6.58 Å². The van der Waals surface area contributed by atoms with Crippen LogP contribution < -0.4 is 0 Å². The van der Waals surface area contributed by atoms with Gasteiger partial charge in [0.25, 0.3) is 0 Å². The summed E-state index contributed by atoms with van der Waals surface area (Å²) in [5.41, 5.74) is 1.11. The fraction of sp³-hybridized carbons (Fsp3) is 0.571. The normalized spacial score (nSPS) is 8.67. The minimum Gasteiger partial charge on any atom is -0.348 e. The second kappa shape index (κ2) is 4.13. The lowest BCUT2D eigenvalue weighted by atomic mass is 10.2. The highest BCUT2D eigenvalue weighted by atomic mass is 16.1. The molecule has 0 saturated carbocycles. The maximum Gasteiger partial charge on any atom is 0.209 e. The van der Waals surface area contributed by atoms with Gasteiger partial charge < -0.3 is 4.90 Å². The Morgan fingerprint density at radius 1 is 1.78 bits per heavy atom. The zero-order chi connectivity index (χ0) is 7.28. The van der Waals surface area contributed by atoms with Crippen molar-refractivity contribution >= 4 is 6.41 Å². The predicted molar refractivity (Wildman–Crippen MR) is 38.1 cm³/mol. The third-order valence-electron chi connectivity index (χ3n) is 1.07. The molecule has 0 aromatic heterocycles. The van der Waals surface area contributed by atoms with Crippen LogP contribution in [0.2, 0.25) is 0 Å². The smallest absolute Gasteiger partial charge is 0.209 e. The van der Waals surface area contributed by atoms with Crippen molar-refractivity contribution in [2.75, 3.05) is 13.6 Å². The van der Waals surface area contributed by atoms with Gasteiger partial charge in [-0.05, 0) is 13.3 Å². The summed E-state index contributed by atoms with van der Waals surface area (Å²) in [6, 6.07) is 0. The molecule has 0 radical (unpaired) electrons. The quantitative estimate of drug-likeness (QED) is 0.408. The molecule has 0 aromatic rings. The Bertz CT molecular complexity index is 109. The molecule has 0 aliphatic rings. The average Bonchev–Trinajstić information content (AvgIpc) is 1.83. The summed E-state index contributed by atoms with van der Waals surface area (Å²) in [6.45, 7) is 6.45. The molecule has 0 fully saturated rings. The van der Waals surface area contributed by atoms with E-state index in [0.29, 0.717) is 0 Å². The monoisotopic (exact) mass is 127 g/mol. The van der Waals surface area contributed by atoms with Crippen molar-refractivity contribution in [2.24, 2.45) is 0 Å². The van der Waals surface area contributed by atoms with Crippen molar-refractivity contribution in [1.82, 2.24) is 4.90 Å². The molecule has 52 valence electrons. The average molecular weight is 127 g/mol. The molecule has 2 heteroatoms. The third kappa shape index (κ3) is 5.07. The van der Waals surface area contributed by atoms with Gasteiger partial charge in [-0.2, -0.15) is 0 Å². The Hall–Kier alpha value is -0.790. The molecule has 0 aromatic carbocycles. The minimum absolute atomic E-state index is 0.777. The standard InChI is InChI=1S/C7H13NO/c1-7(2)4-5-8(3)6-9/h6H,1,4-5H2,2-3H3.